The molecule has 12 heavy (non-hydrogen) atoms. The fourth-order valence-electron chi connectivity index (χ4n) is 1.47. The molecule has 0 fully saturated rings. The van der Waals surface area contributed by atoms with E-state index < -0.39 is 0 Å². The second-order valence-corrected chi connectivity index (χ2v) is 3.34. The number of nitrogens with two attached hydrogens (primary N) is 1. The molecular formula is C9H15NO2. The molecule has 1 atom stereocenters. The summed E-state index contributed by atoms with van der Waals surface area (Å²) >= 11 is 0. The van der Waals surface area contributed by atoms with Gasteiger partial charge in [0.15, 0.2) is 0 Å². The molecule has 0 radical (unpaired) electrons. The summed E-state index contributed by atoms with van der Waals surface area (Å²) in [5, 5.41) is 0. The van der Waals surface area contributed by atoms with E-state index in [0.717, 1.165) is 19.3 Å². The predicted octanol–water partition coefficient (Wildman–Crippen LogP) is 1.19. The van der Waals surface area contributed by atoms with Gasteiger partial charge in [-0.3, -0.25) is 0 Å². The van der Waals surface area contributed by atoms with Crippen molar-refractivity contribution in [2.45, 2.75) is 26.2 Å². The molecule has 1 unspecified atom stereocenters. The summed E-state index contributed by atoms with van der Waals surface area (Å²) < 4.78 is 4.63. The first kappa shape index (κ1) is 9.10. The molecule has 3 heteroatoms. The Morgan fingerprint density at radius 1 is 1.67 bits per heavy atom. The number of carbonyl (C=O) groups is 1. The fraction of sp³-hybridized carbons (Fsp3) is 0.667. The number of carbonyl (C=O) groups excluding carboxylic acids is 1. The van der Waals surface area contributed by atoms with Crippen LogP contribution < -0.4 is 5.73 Å². The Balaban J connectivity index is 2.77. The van der Waals surface area contributed by atoms with Crippen LogP contribution in [0.2, 0.25) is 0 Å². The number of methoxy groups -OCH3 is 1. The maximum Gasteiger partial charge on any atom is 0.335 e. The molecule has 0 bridgehead atoms. The van der Waals surface area contributed by atoms with Crippen LogP contribution in [-0.4, -0.2) is 13.1 Å². The highest BCUT2D eigenvalue weighted by atomic mass is 16.5. The SMILES string of the molecule is COC(=O)C1=C(N)CCC(C)C1. The van der Waals surface area contributed by atoms with Crippen LogP contribution >= 0.6 is 0 Å². The molecule has 3 nitrogen and oxygen atoms in total. The van der Waals surface area contributed by atoms with Gasteiger partial charge in [0.1, 0.15) is 0 Å². The van der Waals surface area contributed by atoms with Gasteiger partial charge in [-0.05, 0) is 25.2 Å². The molecule has 0 saturated heterocycles. The Bertz CT molecular complexity index is 221. The fourth-order valence-corrected chi connectivity index (χ4v) is 1.47. The van der Waals surface area contributed by atoms with Crippen molar-refractivity contribution in [1.29, 1.82) is 0 Å². The van der Waals surface area contributed by atoms with Gasteiger partial charge in [0, 0.05) is 5.70 Å². The molecule has 68 valence electrons. The van der Waals surface area contributed by atoms with E-state index in [0.29, 0.717) is 17.2 Å². The Morgan fingerprint density at radius 3 is 2.92 bits per heavy atom. The Hall–Kier alpha value is -0.990. The van der Waals surface area contributed by atoms with Crippen LogP contribution in [0.3, 0.4) is 0 Å². The third-order valence-electron chi connectivity index (χ3n) is 2.28. The normalized spacial score (nSPS) is 24.0. The van der Waals surface area contributed by atoms with Gasteiger partial charge in [0.2, 0.25) is 0 Å². The summed E-state index contributed by atoms with van der Waals surface area (Å²) in [6.07, 6.45) is 2.66. The van der Waals surface area contributed by atoms with E-state index >= 15 is 0 Å². The molecular weight excluding hydrogens is 154 g/mol. The molecule has 0 spiro atoms. The first-order chi connectivity index (χ1) is 5.65. The molecule has 2 N–H and O–H groups in total. The minimum absolute atomic E-state index is 0.265. The maximum absolute atomic E-state index is 11.2. The molecule has 1 aliphatic rings. The summed E-state index contributed by atoms with van der Waals surface area (Å²) in [6.45, 7) is 2.12. The third-order valence-corrected chi connectivity index (χ3v) is 2.28. The average molecular weight is 169 g/mol. The Morgan fingerprint density at radius 2 is 2.33 bits per heavy atom. The van der Waals surface area contributed by atoms with Crippen LogP contribution in [-0.2, 0) is 9.53 Å². The largest absolute Gasteiger partial charge is 0.466 e. The van der Waals surface area contributed by atoms with Crippen molar-refractivity contribution in [3.05, 3.63) is 11.3 Å². The van der Waals surface area contributed by atoms with Crippen molar-refractivity contribution in [2.24, 2.45) is 11.7 Å². The monoisotopic (exact) mass is 169 g/mol. The predicted molar refractivity (Wildman–Crippen MR) is 46.2 cm³/mol. The number of ether oxygens (including phenoxy) is 1. The van der Waals surface area contributed by atoms with Crippen LogP contribution in [0.5, 0.6) is 0 Å². The first-order valence-electron chi connectivity index (χ1n) is 4.21. The summed E-state index contributed by atoms with van der Waals surface area (Å²) in [5.74, 6) is 0.283. The van der Waals surface area contributed by atoms with Gasteiger partial charge in [-0.1, -0.05) is 6.92 Å². The second-order valence-electron chi connectivity index (χ2n) is 3.34. The topological polar surface area (TPSA) is 52.3 Å². The smallest absolute Gasteiger partial charge is 0.335 e. The summed E-state index contributed by atoms with van der Waals surface area (Å²) in [4.78, 5) is 11.2. The number of rotatable bonds is 1. The van der Waals surface area contributed by atoms with E-state index in [1.54, 1.807) is 0 Å². The van der Waals surface area contributed by atoms with Gasteiger partial charge >= 0.3 is 5.97 Å². The average Bonchev–Trinajstić information content (AvgIpc) is 2.08. The molecule has 1 aliphatic carbocycles. The van der Waals surface area contributed by atoms with Crippen molar-refractivity contribution >= 4 is 5.97 Å². The zero-order valence-electron chi connectivity index (χ0n) is 7.59. The number of allylic oxidation sites excluding steroid dienone is 1. The lowest BCUT2D eigenvalue weighted by Crippen LogP contribution is -2.19. The lowest BCUT2D eigenvalue weighted by atomic mass is 9.88. The number of hydrogen-bond donors (Lipinski definition) is 1. The summed E-state index contributed by atoms with van der Waals surface area (Å²) in [7, 11) is 1.39. The van der Waals surface area contributed by atoms with Gasteiger partial charge in [-0.2, -0.15) is 0 Å². The molecule has 0 heterocycles. The molecule has 0 aromatic heterocycles. The quantitative estimate of drug-likeness (QED) is 0.600. The van der Waals surface area contributed by atoms with E-state index in [4.69, 9.17) is 5.73 Å². The van der Waals surface area contributed by atoms with Crippen LogP contribution in [0.1, 0.15) is 26.2 Å². The third kappa shape index (κ3) is 1.78. The minimum atomic E-state index is -0.265. The van der Waals surface area contributed by atoms with E-state index in [1.165, 1.54) is 7.11 Å². The van der Waals surface area contributed by atoms with Gasteiger partial charge in [-0.25, -0.2) is 4.79 Å². The van der Waals surface area contributed by atoms with Crippen molar-refractivity contribution in [1.82, 2.24) is 0 Å². The van der Waals surface area contributed by atoms with E-state index in [-0.39, 0.29) is 5.97 Å². The van der Waals surface area contributed by atoms with Gasteiger partial charge < -0.3 is 10.5 Å². The van der Waals surface area contributed by atoms with Crippen LogP contribution in [0, 0.1) is 5.92 Å². The number of hydrogen-bond acceptors (Lipinski definition) is 3. The maximum atomic E-state index is 11.2. The van der Waals surface area contributed by atoms with Crippen molar-refractivity contribution < 1.29 is 9.53 Å². The van der Waals surface area contributed by atoms with Crippen LogP contribution in [0.4, 0.5) is 0 Å². The molecule has 0 aromatic rings. The van der Waals surface area contributed by atoms with E-state index in [1.807, 2.05) is 0 Å². The molecule has 0 saturated carbocycles. The minimum Gasteiger partial charge on any atom is -0.466 e. The van der Waals surface area contributed by atoms with Gasteiger partial charge in [0.25, 0.3) is 0 Å². The summed E-state index contributed by atoms with van der Waals surface area (Å²) in [5.41, 5.74) is 7.08. The van der Waals surface area contributed by atoms with Gasteiger partial charge in [0.05, 0.1) is 12.7 Å². The lowest BCUT2D eigenvalue weighted by Gasteiger charge is -2.20. The Kier molecular flexibility index (Phi) is 2.74. The zero-order valence-corrected chi connectivity index (χ0v) is 7.59. The van der Waals surface area contributed by atoms with E-state index in [2.05, 4.69) is 11.7 Å². The molecule has 0 aliphatic heterocycles. The van der Waals surface area contributed by atoms with Crippen molar-refractivity contribution in [3.63, 3.8) is 0 Å². The lowest BCUT2D eigenvalue weighted by molar-refractivity contribution is -0.136. The molecule has 0 aromatic carbocycles. The van der Waals surface area contributed by atoms with Crippen LogP contribution in [0.25, 0.3) is 0 Å². The first-order valence-corrected chi connectivity index (χ1v) is 4.21. The Labute approximate surface area is 72.6 Å². The van der Waals surface area contributed by atoms with Gasteiger partial charge in [-0.15, -0.1) is 0 Å². The molecule has 1 rings (SSSR count). The second kappa shape index (κ2) is 3.61. The van der Waals surface area contributed by atoms with Crippen molar-refractivity contribution in [3.8, 4) is 0 Å². The highest BCUT2D eigenvalue weighted by molar-refractivity contribution is 5.89. The zero-order chi connectivity index (χ0) is 9.14. The van der Waals surface area contributed by atoms with E-state index in [9.17, 15) is 4.79 Å². The standard InChI is InChI=1S/C9H15NO2/c1-6-3-4-8(10)7(5-6)9(11)12-2/h6H,3-5,10H2,1-2H3. The van der Waals surface area contributed by atoms with Crippen LogP contribution in [0.15, 0.2) is 11.3 Å². The summed E-state index contributed by atoms with van der Waals surface area (Å²) in [6, 6.07) is 0. The highest BCUT2D eigenvalue weighted by Crippen LogP contribution is 2.26. The molecule has 0 amide bonds. The highest BCUT2D eigenvalue weighted by Gasteiger charge is 2.21. The van der Waals surface area contributed by atoms with Crippen molar-refractivity contribution in [2.75, 3.05) is 7.11 Å². The number of esters is 1.